The highest BCUT2D eigenvalue weighted by atomic mass is 16.4. The van der Waals surface area contributed by atoms with Crippen molar-refractivity contribution in [1.82, 2.24) is 14.8 Å². The Morgan fingerprint density at radius 1 is 1.33 bits per heavy atom. The van der Waals surface area contributed by atoms with Gasteiger partial charge in [-0.2, -0.15) is 0 Å². The van der Waals surface area contributed by atoms with Gasteiger partial charge in [-0.3, -0.25) is 4.79 Å². The summed E-state index contributed by atoms with van der Waals surface area (Å²) in [5.41, 5.74) is 0. The Morgan fingerprint density at radius 3 is 2.39 bits per heavy atom. The van der Waals surface area contributed by atoms with Crippen molar-refractivity contribution in [3.05, 3.63) is 5.82 Å². The molecule has 1 aromatic heterocycles. The van der Waals surface area contributed by atoms with Crippen LogP contribution in [-0.2, 0) is 11.8 Å². The fourth-order valence-corrected chi connectivity index (χ4v) is 2.44. The summed E-state index contributed by atoms with van der Waals surface area (Å²) in [5, 5.41) is 17.4. The third-order valence-electron chi connectivity index (χ3n) is 3.53. The molecule has 0 aliphatic carbocycles. The lowest BCUT2D eigenvalue weighted by Crippen LogP contribution is -2.37. The number of rotatable bonds is 3. The monoisotopic (exact) mass is 252 g/mol. The van der Waals surface area contributed by atoms with Gasteiger partial charge in [0.25, 0.3) is 0 Å². The molecule has 2 rings (SSSR count). The Labute approximate surface area is 107 Å². The molecule has 1 saturated heterocycles. The highest BCUT2D eigenvalue weighted by Gasteiger charge is 2.27. The number of carboxylic acids is 1. The maximum Gasteiger partial charge on any atom is 0.306 e. The zero-order valence-electron chi connectivity index (χ0n) is 11.1. The van der Waals surface area contributed by atoms with E-state index in [0.29, 0.717) is 18.8 Å². The lowest BCUT2D eigenvalue weighted by atomic mass is 9.97. The molecule has 2 heterocycles. The Bertz CT molecular complexity index is 433. The fraction of sp³-hybridized carbons (Fsp3) is 0.750. The molecule has 0 saturated carbocycles. The summed E-state index contributed by atoms with van der Waals surface area (Å²) in [7, 11) is 1.97. The van der Waals surface area contributed by atoms with Gasteiger partial charge in [-0.15, -0.1) is 10.2 Å². The number of hydrogen-bond donors (Lipinski definition) is 1. The number of carboxylic acid groups (broad SMARTS) is 1. The van der Waals surface area contributed by atoms with Crippen LogP contribution in [0.3, 0.4) is 0 Å². The number of anilines is 1. The largest absolute Gasteiger partial charge is 0.481 e. The number of aliphatic carboxylic acids is 1. The van der Waals surface area contributed by atoms with Gasteiger partial charge in [-0.25, -0.2) is 0 Å². The first kappa shape index (κ1) is 12.9. The van der Waals surface area contributed by atoms with Gasteiger partial charge in [0.05, 0.1) is 5.92 Å². The predicted molar refractivity (Wildman–Crippen MR) is 67.7 cm³/mol. The van der Waals surface area contributed by atoms with Crippen molar-refractivity contribution in [2.24, 2.45) is 13.0 Å². The summed E-state index contributed by atoms with van der Waals surface area (Å²) < 4.78 is 2.01. The first-order chi connectivity index (χ1) is 8.50. The van der Waals surface area contributed by atoms with Crippen LogP contribution in [-0.4, -0.2) is 38.9 Å². The van der Waals surface area contributed by atoms with Crippen LogP contribution in [0.4, 0.5) is 5.95 Å². The number of hydrogen-bond acceptors (Lipinski definition) is 4. The van der Waals surface area contributed by atoms with Crippen molar-refractivity contribution >= 4 is 11.9 Å². The number of nitrogens with zero attached hydrogens (tertiary/aromatic N) is 4. The van der Waals surface area contributed by atoms with Gasteiger partial charge in [0.1, 0.15) is 5.82 Å². The SMILES string of the molecule is CC(C)c1nnc(N2CCC(C(=O)O)CC2)n1C. The van der Waals surface area contributed by atoms with Crippen LogP contribution in [0.5, 0.6) is 0 Å². The Balaban J connectivity index is 2.08. The number of piperidine rings is 1. The number of carbonyl (C=O) groups is 1. The summed E-state index contributed by atoms with van der Waals surface area (Å²) in [5.74, 6) is 1.26. The van der Waals surface area contributed by atoms with Crippen LogP contribution in [0.2, 0.25) is 0 Å². The molecule has 0 atom stereocenters. The van der Waals surface area contributed by atoms with Crippen molar-refractivity contribution in [3.8, 4) is 0 Å². The van der Waals surface area contributed by atoms with Crippen molar-refractivity contribution < 1.29 is 9.90 Å². The second kappa shape index (κ2) is 4.96. The van der Waals surface area contributed by atoms with E-state index in [9.17, 15) is 4.79 Å². The molecule has 0 aromatic carbocycles. The lowest BCUT2D eigenvalue weighted by Gasteiger charge is -2.30. The van der Waals surface area contributed by atoms with E-state index in [2.05, 4.69) is 28.9 Å². The minimum absolute atomic E-state index is 0.209. The third-order valence-corrected chi connectivity index (χ3v) is 3.53. The van der Waals surface area contributed by atoms with E-state index in [0.717, 1.165) is 24.9 Å². The van der Waals surface area contributed by atoms with Gasteiger partial charge in [0.2, 0.25) is 5.95 Å². The first-order valence-electron chi connectivity index (χ1n) is 6.37. The standard InChI is InChI=1S/C12H20N4O2/c1-8(2)10-13-14-12(15(10)3)16-6-4-9(5-7-16)11(17)18/h8-9H,4-7H2,1-3H3,(H,17,18). The molecular weight excluding hydrogens is 232 g/mol. The molecule has 0 bridgehead atoms. The van der Waals surface area contributed by atoms with E-state index < -0.39 is 5.97 Å². The highest BCUT2D eigenvalue weighted by molar-refractivity contribution is 5.70. The summed E-state index contributed by atoms with van der Waals surface area (Å²) in [6.45, 7) is 5.65. The normalized spacial score (nSPS) is 17.4. The second-order valence-corrected chi connectivity index (χ2v) is 5.17. The van der Waals surface area contributed by atoms with E-state index in [1.807, 2.05) is 11.6 Å². The molecule has 1 N–H and O–H groups in total. The van der Waals surface area contributed by atoms with Crippen LogP contribution < -0.4 is 4.90 Å². The topological polar surface area (TPSA) is 71.2 Å². The molecule has 6 heteroatoms. The van der Waals surface area contributed by atoms with Crippen molar-refractivity contribution in [2.75, 3.05) is 18.0 Å². The van der Waals surface area contributed by atoms with E-state index in [4.69, 9.17) is 5.11 Å². The maximum absolute atomic E-state index is 10.9. The Morgan fingerprint density at radius 2 is 1.94 bits per heavy atom. The molecule has 1 aliphatic rings. The van der Waals surface area contributed by atoms with Crippen molar-refractivity contribution in [3.63, 3.8) is 0 Å². The summed E-state index contributed by atoms with van der Waals surface area (Å²) in [6.07, 6.45) is 1.36. The molecule has 1 aromatic rings. The van der Waals surface area contributed by atoms with Gasteiger partial charge in [0, 0.05) is 26.1 Å². The van der Waals surface area contributed by atoms with Gasteiger partial charge in [-0.1, -0.05) is 13.8 Å². The molecule has 6 nitrogen and oxygen atoms in total. The molecule has 0 spiro atoms. The summed E-state index contributed by atoms with van der Waals surface area (Å²) in [6, 6.07) is 0. The third kappa shape index (κ3) is 2.32. The van der Waals surface area contributed by atoms with Crippen LogP contribution in [0.25, 0.3) is 0 Å². The molecule has 1 aliphatic heterocycles. The molecule has 18 heavy (non-hydrogen) atoms. The average molecular weight is 252 g/mol. The zero-order valence-corrected chi connectivity index (χ0v) is 11.1. The van der Waals surface area contributed by atoms with Crippen molar-refractivity contribution in [2.45, 2.75) is 32.6 Å². The molecule has 1 fully saturated rings. The minimum Gasteiger partial charge on any atom is -0.481 e. The summed E-state index contributed by atoms with van der Waals surface area (Å²) in [4.78, 5) is 13.0. The van der Waals surface area contributed by atoms with Gasteiger partial charge in [-0.05, 0) is 12.8 Å². The minimum atomic E-state index is -0.685. The molecule has 0 amide bonds. The zero-order chi connectivity index (χ0) is 13.3. The van der Waals surface area contributed by atoms with E-state index in [1.165, 1.54) is 0 Å². The molecule has 0 radical (unpaired) electrons. The Kier molecular flexibility index (Phi) is 3.54. The molecule has 0 unspecified atom stereocenters. The van der Waals surface area contributed by atoms with E-state index in [1.54, 1.807) is 0 Å². The van der Waals surface area contributed by atoms with E-state index >= 15 is 0 Å². The Hall–Kier alpha value is -1.59. The van der Waals surface area contributed by atoms with Gasteiger partial charge < -0.3 is 14.6 Å². The van der Waals surface area contributed by atoms with Gasteiger partial charge >= 0.3 is 5.97 Å². The van der Waals surface area contributed by atoms with Crippen molar-refractivity contribution in [1.29, 1.82) is 0 Å². The first-order valence-corrected chi connectivity index (χ1v) is 6.37. The van der Waals surface area contributed by atoms with Gasteiger partial charge in [0.15, 0.2) is 0 Å². The predicted octanol–water partition coefficient (Wildman–Crippen LogP) is 1.24. The van der Waals surface area contributed by atoms with Crippen LogP contribution in [0.15, 0.2) is 0 Å². The van der Waals surface area contributed by atoms with Crippen LogP contribution >= 0.6 is 0 Å². The number of aromatic nitrogens is 3. The summed E-state index contributed by atoms with van der Waals surface area (Å²) >= 11 is 0. The van der Waals surface area contributed by atoms with E-state index in [-0.39, 0.29) is 5.92 Å². The molecule has 100 valence electrons. The molecular formula is C12H20N4O2. The van der Waals surface area contributed by atoms with Crippen LogP contribution in [0, 0.1) is 5.92 Å². The lowest BCUT2D eigenvalue weighted by molar-refractivity contribution is -0.142. The van der Waals surface area contributed by atoms with Crippen LogP contribution in [0.1, 0.15) is 38.4 Å². The maximum atomic E-state index is 10.9. The second-order valence-electron chi connectivity index (χ2n) is 5.17. The fourth-order valence-electron chi connectivity index (χ4n) is 2.44. The quantitative estimate of drug-likeness (QED) is 0.876. The average Bonchev–Trinajstić information content (AvgIpc) is 2.71. The smallest absolute Gasteiger partial charge is 0.306 e. The highest BCUT2D eigenvalue weighted by Crippen LogP contribution is 2.23.